The summed E-state index contributed by atoms with van der Waals surface area (Å²) in [6.45, 7) is 3.14. The van der Waals surface area contributed by atoms with Crippen LogP contribution in [-0.2, 0) is 9.53 Å². The minimum absolute atomic E-state index is 0.447. The van der Waals surface area contributed by atoms with Crippen LogP contribution < -0.4 is 5.73 Å². The highest BCUT2D eigenvalue weighted by molar-refractivity contribution is 6.27. The first-order valence-corrected chi connectivity index (χ1v) is 3.76. The quantitative estimate of drug-likeness (QED) is 0.213. The molecule has 5 N–H and O–H groups in total. The van der Waals surface area contributed by atoms with Gasteiger partial charge in [0, 0.05) is 0 Å². The van der Waals surface area contributed by atoms with Gasteiger partial charge in [-0.3, -0.25) is 4.79 Å². The first-order valence-electron chi connectivity index (χ1n) is 3.76. The first kappa shape index (κ1) is 12.4. The SMILES string of the molecule is BC(N)(C(=O)OC(C)C)C(O)(O)O. The van der Waals surface area contributed by atoms with Gasteiger partial charge in [-0.2, -0.15) is 0 Å². The summed E-state index contributed by atoms with van der Waals surface area (Å²) in [5, 5.41) is 26.1. The van der Waals surface area contributed by atoms with Gasteiger partial charge in [-0.15, -0.1) is 0 Å². The van der Waals surface area contributed by atoms with Crippen LogP contribution in [0.2, 0.25) is 0 Å². The molecule has 0 amide bonds. The van der Waals surface area contributed by atoms with Crippen LogP contribution in [0.4, 0.5) is 0 Å². The summed E-state index contributed by atoms with van der Waals surface area (Å²) in [4.78, 5) is 11.1. The Bertz CT molecular complexity index is 198. The Balaban J connectivity index is 4.56. The second-order valence-corrected chi connectivity index (χ2v) is 3.29. The van der Waals surface area contributed by atoms with E-state index in [1.807, 2.05) is 0 Å². The van der Waals surface area contributed by atoms with E-state index >= 15 is 0 Å². The predicted molar refractivity (Wildman–Crippen MR) is 46.1 cm³/mol. The van der Waals surface area contributed by atoms with Crippen molar-refractivity contribution in [2.75, 3.05) is 0 Å². The fraction of sp³-hybridized carbons (Fsp3) is 0.833. The maximum atomic E-state index is 11.1. The summed E-state index contributed by atoms with van der Waals surface area (Å²) >= 11 is 0. The largest absolute Gasteiger partial charge is 0.462 e. The Morgan fingerprint density at radius 1 is 1.46 bits per heavy atom. The van der Waals surface area contributed by atoms with Crippen LogP contribution in [0, 0.1) is 0 Å². The van der Waals surface area contributed by atoms with Gasteiger partial charge in [0.25, 0.3) is 5.97 Å². The molecule has 7 heteroatoms. The summed E-state index contributed by atoms with van der Waals surface area (Å²) < 4.78 is 4.60. The van der Waals surface area contributed by atoms with Crippen molar-refractivity contribution in [3.05, 3.63) is 0 Å². The van der Waals surface area contributed by atoms with Crippen molar-refractivity contribution in [3.8, 4) is 0 Å². The normalized spacial score (nSPS) is 16.8. The molecule has 0 aliphatic heterocycles. The van der Waals surface area contributed by atoms with Crippen LogP contribution in [-0.4, -0.2) is 46.7 Å². The van der Waals surface area contributed by atoms with Gasteiger partial charge < -0.3 is 25.8 Å². The van der Waals surface area contributed by atoms with Gasteiger partial charge in [-0.1, -0.05) is 0 Å². The average Bonchev–Trinajstić information content (AvgIpc) is 1.82. The summed E-state index contributed by atoms with van der Waals surface area (Å²) in [5.74, 6) is -4.38. The highest BCUT2D eigenvalue weighted by atomic mass is 16.7. The monoisotopic (exact) mass is 191 g/mol. The third-order valence-electron chi connectivity index (χ3n) is 1.46. The Kier molecular flexibility index (Phi) is 3.45. The summed E-state index contributed by atoms with van der Waals surface area (Å²) in [7, 11) is 0.956. The van der Waals surface area contributed by atoms with E-state index in [2.05, 4.69) is 4.74 Å². The van der Waals surface area contributed by atoms with E-state index in [1.54, 1.807) is 13.8 Å². The number of carbonyl (C=O) groups excluding carboxylic acids is 1. The highest BCUT2D eigenvalue weighted by Gasteiger charge is 2.49. The number of hydrogen-bond acceptors (Lipinski definition) is 6. The van der Waals surface area contributed by atoms with Gasteiger partial charge in [0.05, 0.1) is 6.10 Å². The molecule has 0 radical (unpaired) electrons. The smallest absolute Gasteiger partial charge is 0.325 e. The molecule has 1 atom stereocenters. The summed E-state index contributed by atoms with van der Waals surface area (Å²) in [6.07, 6.45) is -0.447. The third kappa shape index (κ3) is 2.96. The third-order valence-corrected chi connectivity index (χ3v) is 1.46. The Morgan fingerprint density at radius 3 is 2.08 bits per heavy atom. The van der Waals surface area contributed by atoms with Gasteiger partial charge in [-0.25, -0.2) is 0 Å². The van der Waals surface area contributed by atoms with Crippen LogP contribution in [0.25, 0.3) is 0 Å². The second kappa shape index (κ2) is 3.63. The van der Waals surface area contributed by atoms with Crippen LogP contribution in [0.3, 0.4) is 0 Å². The van der Waals surface area contributed by atoms with E-state index in [1.165, 1.54) is 0 Å². The first-order chi connectivity index (χ1) is 5.59. The number of rotatable bonds is 3. The predicted octanol–water partition coefficient (Wildman–Crippen LogP) is -3.14. The van der Waals surface area contributed by atoms with Gasteiger partial charge in [-0.05, 0) is 13.8 Å². The number of aliphatic hydroxyl groups is 3. The molecule has 13 heavy (non-hydrogen) atoms. The minimum Gasteiger partial charge on any atom is -0.462 e. The lowest BCUT2D eigenvalue weighted by molar-refractivity contribution is -0.329. The number of carbonyl (C=O) groups is 1. The topological polar surface area (TPSA) is 113 Å². The van der Waals surface area contributed by atoms with Gasteiger partial charge in [0.15, 0.2) is 13.3 Å². The van der Waals surface area contributed by atoms with Crippen molar-refractivity contribution < 1.29 is 24.9 Å². The van der Waals surface area contributed by atoms with Crippen LogP contribution >= 0.6 is 0 Å². The molecule has 0 aliphatic rings. The number of hydrogen-bond donors (Lipinski definition) is 4. The lowest BCUT2D eigenvalue weighted by Crippen LogP contribution is -2.67. The fourth-order valence-electron chi connectivity index (χ4n) is 0.473. The standard InChI is InChI=1S/C6H14BNO5/c1-3(2)13-4(9)5(7,8)6(10,11)12/h3,10-12H,7-8H2,1-2H3. The molecular formula is C6H14BNO5. The lowest BCUT2D eigenvalue weighted by Gasteiger charge is -2.31. The average molecular weight is 191 g/mol. The molecule has 0 spiro atoms. The number of esters is 1. The van der Waals surface area contributed by atoms with Crippen LogP contribution in [0.1, 0.15) is 13.8 Å². The van der Waals surface area contributed by atoms with Gasteiger partial charge in [0.2, 0.25) is 0 Å². The molecule has 0 rings (SSSR count). The van der Waals surface area contributed by atoms with E-state index in [9.17, 15) is 4.79 Å². The Hall–Kier alpha value is -0.625. The molecule has 0 fully saturated rings. The van der Waals surface area contributed by atoms with Crippen molar-refractivity contribution in [2.24, 2.45) is 5.73 Å². The zero-order chi connectivity index (χ0) is 10.9. The summed E-state index contributed by atoms with van der Waals surface area (Å²) in [6, 6.07) is 0. The molecular weight excluding hydrogens is 177 g/mol. The minimum atomic E-state index is -3.29. The zero-order valence-corrected chi connectivity index (χ0v) is 7.81. The Labute approximate surface area is 76.7 Å². The van der Waals surface area contributed by atoms with Crippen molar-refractivity contribution in [3.63, 3.8) is 0 Å². The molecule has 0 aromatic heterocycles. The van der Waals surface area contributed by atoms with E-state index in [0.29, 0.717) is 0 Å². The highest BCUT2D eigenvalue weighted by Crippen LogP contribution is 2.13. The molecule has 76 valence electrons. The van der Waals surface area contributed by atoms with Crippen molar-refractivity contribution in [2.45, 2.75) is 31.4 Å². The van der Waals surface area contributed by atoms with Gasteiger partial charge in [0.1, 0.15) is 0 Å². The van der Waals surface area contributed by atoms with Crippen molar-refractivity contribution in [1.29, 1.82) is 0 Å². The number of ether oxygens (including phenoxy) is 1. The molecule has 6 nitrogen and oxygen atoms in total. The number of nitrogens with two attached hydrogens (primary N) is 1. The molecule has 0 heterocycles. The zero-order valence-electron chi connectivity index (χ0n) is 7.81. The molecule has 0 aliphatic carbocycles. The molecule has 0 aromatic carbocycles. The second-order valence-electron chi connectivity index (χ2n) is 3.29. The molecule has 0 saturated carbocycles. The summed E-state index contributed by atoms with van der Waals surface area (Å²) in [5.41, 5.74) is 2.89. The van der Waals surface area contributed by atoms with E-state index < -0.39 is 23.5 Å². The fourth-order valence-corrected chi connectivity index (χ4v) is 0.473. The van der Waals surface area contributed by atoms with Gasteiger partial charge >= 0.3 is 5.97 Å². The van der Waals surface area contributed by atoms with E-state index in [0.717, 1.165) is 7.85 Å². The molecule has 1 unspecified atom stereocenters. The van der Waals surface area contributed by atoms with Crippen LogP contribution in [0.5, 0.6) is 0 Å². The van der Waals surface area contributed by atoms with Crippen molar-refractivity contribution in [1.82, 2.24) is 0 Å². The molecule has 0 saturated heterocycles. The van der Waals surface area contributed by atoms with Crippen molar-refractivity contribution >= 4 is 13.8 Å². The molecule has 0 aromatic rings. The lowest BCUT2D eigenvalue weighted by atomic mass is 9.76. The van der Waals surface area contributed by atoms with Crippen LogP contribution in [0.15, 0.2) is 0 Å². The maximum Gasteiger partial charge on any atom is 0.325 e. The Morgan fingerprint density at radius 2 is 1.85 bits per heavy atom. The van der Waals surface area contributed by atoms with E-state index in [-0.39, 0.29) is 0 Å². The maximum absolute atomic E-state index is 11.1. The van der Waals surface area contributed by atoms with E-state index in [4.69, 9.17) is 21.1 Å². The molecule has 0 bridgehead atoms.